The van der Waals surface area contributed by atoms with Crippen molar-refractivity contribution in [3.8, 4) is 0 Å². The number of amides is 1. The molecule has 27 heavy (non-hydrogen) atoms. The zero-order valence-corrected chi connectivity index (χ0v) is 15.0. The largest absolute Gasteiger partial charge is 0.481 e. The summed E-state index contributed by atoms with van der Waals surface area (Å²) in [6, 6.07) is 3.44. The summed E-state index contributed by atoms with van der Waals surface area (Å²) in [5.74, 6) is -2.36. The first-order chi connectivity index (χ1) is 12.6. The second-order valence-corrected chi connectivity index (χ2v) is 6.99. The molecule has 0 bridgehead atoms. The van der Waals surface area contributed by atoms with Crippen molar-refractivity contribution in [1.29, 1.82) is 0 Å². The van der Waals surface area contributed by atoms with Crippen molar-refractivity contribution in [1.82, 2.24) is 14.5 Å². The molecular formula is C18H20F3N3O3. The van der Waals surface area contributed by atoms with E-state index >= 15 is 0 Å². The summed E-state index contributed by atoms with van der Waals surface area (Å²) in [7, 11) is 0. The summed E-state index contributed by atoms with van der Waals surface area (Å²) in [4.78, 5) is 29.0. The number of benzene rings is 1. The second-order valence-electron chi connectivity index (χ2n) is 6.99. The Hall–Kier alpha value is -2.58. The Labute approximate surface area is 153 Å². The molecule has 1 aliphatic rings. The van der Waals surface area contributed by atoms with E-state index in [2.05, 4.69) is 4.98 Å². The van der Waals surface area contributed by atoms with Gasteiger partial charge in [-0.25, -0.2) is 4.98 Å². The predicted octanol–water partition coefficient (Wildman–Crippen LogP) is 3.72. The number of rotatable bonds is 4. The summed E-state index contributed by atoms with van der Waals surface area (Å²) in [5.41, 5.74) is 0.607. The van der Waals surface area contributed by atoms with Gasteiger partial charge in [0.1, 0.15) is 0 Å². The highest BCUT2D eigenvalue weighted by Crippen LogP contribution is 2.34. The van der Waals surface area contributed by atoms with Crippen molar-refractivity contribution >= 4 is 22.9 Å². The summed E-state index contributed by atoms with van der Waals surface area (Å²) in [6.45, 7) is 3.70. The molecular weight excluding hydrogens is 363 g/mol. The topological polar surface area (TPSA) is 75.4 Å². The molecule has 1 aliphatic heterocycles. The van der Waals surface area contributed by atoms with Crippen molar-refractivity contribution < 1.29 is 27.9 Å². The lowest BCUT2D eigenvalue weighted by atomic mass is 10.1. The zero-order chi connectivity index (χ0) is 19.9. The third-order valence-corrected chi connectivity index (χ3v) is 4.75. The number of likely N-dealkylation sites (tertiary alicyclic amines) is 1. The van der Waals surface area contributed by atoms with Crippen LogP contribution in [-0.4, -0.2) is 44.0 Å². The maximum absolute atomic E-state index is 13.3. The minimum atomic E-state index is -4.60. The van der Waals surface area contributed by atoms with Crippen LogP contribution in [-0.2, 0) is 11.0 Å². The van der Waals surface area contributed by atoms with Crippen LogP contribution in [0.4, 0.5) is 13.2 Å². The predicted molar refractivity (Wildman–Crippen MR) is 91.4 cm³/mol. The molecule has 1 atom stereocenters. The fraction of sp³-hybridized carbons (Fsp3) is 0.500. The van der Waals surface area contributed by atoms with E-state index in [0.717, 1.165) is 4.57 Å². The molecule has 0 radical (unpaired) electrons. The van der Waals surface area contributed by atoms with Gasteiger partial charge in [0.2, 0.25) is 5.82 Å². The van der Waals surface area contributed by atoms with Crippen molar-refractivity contribution in [2.24, 2.45) is 0 Å². The van der Waals surface area contributed by atoms with Gasteiger partial charge in [0, 0.05) is 24.2 Å². The average molecular weight is 383 g/mol. The molecule has 1 fully saturated rings. The van der Waals surface area contributed by atoms with Crippen LogP contribution in [0.25, 0.3) is 11.0 Å². The molecule has 1 amide bonds. The minimum Gasteiger partial charge on any atom is -0.481 e. The SMILES string of the molecule is CC(C)n1c(C(F)(F)F)nc2cc(C(=O)N3CCCC3CC(=O)O)ccc21. The highest BCUT2D eigenvalue weighted by atomic mass is 19.4. The van der Waals surface area contributed by atoms with Gasteiger partial charge >= 0.3 is 12.1 Å². The first-order valence-corrected chi connectivity index (χ1v) is 8.71. The number of carboxylic acids is 1. The van der Waals surface area contributed by atoms with Gasteiger partial charge in [-0.1, -0.05) is 0 Å². The van der Waals surface area contributed by atoms with Gasteiger partial charge in [-0.3, -0.25) is 9.59 Å². The van der Waals surface area contributed by atoms with E-state index < -0.39 is 30.1 Å². The molecule has 1 aromatic heterocycles. The molecule has 1 saturated heterocycles. The van der Waals surface area contributed by atoms with Crippen LogP contribution in [0.3, 0.4) is 0 Å². The standard InChI is InChI=1S/C18H20F3N3O3/c1-10(2)24-14-6-5-11(8-13(14)22-17(24)18(19,20)21)16(27)23-7-3-4-12(23)9-15(25)26/h5-6,8,10,12H,3-4,7,9H2,1-2H3,(H,25,26). The van der Waals surface area contributed by atoms with Crippen LogP contribution >= 0.6 is 0 Å². The number of alkyl halides is 3. The molecule has 9 heteroatoms. The average Bonchev–Trinajstić information content (AvgIpc) is 3.16. The monoisotopic (exact) mass is 383 g/mol. The minimum absolute atomic E-state index is 0.0934. The fourth-order valence-electron chi connectivity index (χ4n) is 3.64. The van der Waals surface area contributed by atoms with Gasteiger partial charge in [0.25, 0.3) is 5.91 Å². The van der Waals surface area contributed by atoms with E-state index in [9.17, 15) is 22.8 Å². The first kappa shape index (κ1) is 19.2. The lowest BCUT2D eigenvalue weighted by Gasteiger charge is -2.23. The molecule has 146 valence electrons. The normalized spacial score (nSPS) is 17.9. The Morgan fingerprint density at radius 1 is 1.33 bits per heavy atom. The number of aromatic nitrogens is 2. The van der Waals surface area contributed by atoms with Gasteiger partial charge in [-0.2, -0.15) is 13.2 Å². The van der Waals surface area contributed by atoms with E-state index in [1.54, 1.807) is 13.8 Å². The summed E-state index contributed by atoms with van der Waals surface area (Å²) < 4.78 is 41.0. The number of fused-ring (bicyclic) bond motifs is 1. The van der Waals surface area contributed by atoms with Crippen molar-refractivity contribution in [3.05, 3.63) is 29.6 Å². The molecule has 1 aromatic carbocycles. The maximum atomic E-state index is 13.3. The molecule has 0 saturated carbocycles. The Morgan fingerprint density at radius 3 is 2.63 bits per heavy atom. The third-order valence-electron chi connectivity index (χ3n) is 4.75. The number of carbonyl (C=O) groups excluding carboxylic acids is 1. The molecule has 6 nitrogen and oxygen atoms in total. The Balaban J connectivity index is 1.99. The number of carbonyl (C=O) groups is 2. The lowest BCUT2D eigenvalue weighted by Crippen LogP contribution is -2.36. The van der Waals surface area contributed by atoms with E-state index in [0.29, 0.717) is 24.9 Å². The maximum Gasteiger partial charge on any atom is 0.449 e. The lowest BCUT2D eigenvalue weighted by molar-refractivity contribution is -0.147. The van der Waals surface area contributed by atoms with Gasteiger partial charge in [-0.15, -0.1) is 0 Å². The van der Waals surface area contributed by atoms with Crippen molar-refractivity contribution in [3.63, 3.8) is 0 Å². The molecule has 0 spiro atoms. The van der Waals surface area contributed by atoms with E-state index in [-0.39, 0.29) is 23.4 Å². The van der Waals surface area contributed by atoms with Crippen LogP contribution in [0.5, 0.6) is 0 Å². The number of imidazole rings is 1. The third kappa shape index (κ3) is 3.63. The van der Waals surface area contributed by atoms with E-state index in [4.69, 9.17) is 5.11 Å². The van der Waals surface area contributed by atoms with Crippen LogP contribution in [0, 0.1) is 0 Å². The zero-order valence-electron chi connectivity index (χ0n) is 15.0. The molecule has 2 aromatic rings. The molecule has 0 aliphatic carbocycles. The molecule has 2 heterocycles. The Kier molecular flexibility index (Phi) is 4.88. The number of aliphatic carboxylic acids is 1. The number of hydrogen-bond acceptors (Lipinski definition) is 3. The van der Waals surface area contributed by atoms with Crippen molar-refractivity contribution in [2.75, 3.05) is 6.54 Å². The summed E-state index contributed by atoms with van der Waals surface area (Å²) >= 11 is 0. The summed E-state index contributed by atoms with van der Waals surface area (Å²) in [5, 5.41) is 8.99. The van der Waals surface area contributed by atoms with E-state index in [1.807, 2.05) is 0 Å². The van der Waals surface area contributed by atoms with Crippen LogP contribution in [0.1, 0.15) is 55.3 Å². The number of nitrogens with zero attached hydrogens (tertiary/aromatic N) is 3. The Morgan fingerprint density at radius 2 is 2.04 bits per heavy atom. The molecule has 1 N–H and O–H groups in total. The van der Waals surface area contributed by atoms with Crippen LogP contribution in [0.2, 0.25) is 0 Å². The number of carboxylic acid groups (broad SMARTS) is 1. The second kappa shape index (κ2) is 6.86. The number of halogens is 3. The van der Waals surface area contributed by atoms with Crippen molar-refractivity contribution in [2.45, 2.75) is 51.4 Å². The smallest absolute Gasteiger partial charge is 0.449 e. The van der Waals surface area contributed by atoms with Gasteiger partial charge in [-0.05, 0) is 44.9 Å². The van der Waals surface area contributed by atoms with Gasteiger partial charge < -0.3 is 14.6 Å². The van der Waals surface area contributed by atoms with Gasteiger partial charge in [0.15, 0.2) is 0 Å². The summed E-state index contributed by atoms with van der Waals surface area (Å²) in [6.07, 6.45) is -3.45. The highest BCUT2D eigenvalue weighted by molar-refractivity contribution is 5.98. The Bertz CT molecular complexity index is 889. The van der Waals surface area contributed by atoms with Crippen LogP contribution in [0.15, 0.2) is 18.2 Å². The quantitative estimate of drug-likeness (QED) is 0.873. The van der Waals surface area contributed by atoms with Gasteiger partial charge in [0.05, 0.1) is 17.5 Å². The number of hydrogen-bond donors (Lipinski definition) is 1. The van der Waals surface area contributed by atoms with E-state index in [1.165, 1.54) is 23.1 Å². The van der Waals surface area contributed by atoms with Crippen LogP contribution < -0.4 is 0 Å². The first-order valence-electron chi connectivity index (χ1n) is 8.71. The molecule has 1 unspecified atom stereocenters. The highest BCUT2D eigenvalue weighted by Gasteiger charge is 2.38. The fourth-order valence-corrected chi connectivity index (χ4v) is 3.64. The molecule has 3 rings (SSSR count).